The van der Waals surface area contributed by atoms with E-state index < -0.39 is 6.04 Å². The third-order valence-electron chi connectivity index (χ3n) is 3.85. The Morgan fingerprint density at radius 2 is 1.79 bits per heavy atom. The van der Waals surface area contributed by atoms with E-state index in [0.29, 0.717) is 18.9 Å². The Morgan fingerprint density at radius 3 is 2.50 bits per heavy atom. The highest BCUT2D eigenvalue weighted by Crippen LogP contribution is 2.31. The zero-order valence-electron chi connectivity index (χ0n) is 13.4. The SMILES string of the molecule is CN(CC1COc2ccccc2O1)C(=O)C(N)c1ccccc1.Cl. The molecule has 0 spiro atoms. The van der Waals surface area contributed by atoms with Gasteiger partial charge in [-0.2, -0.15) is 0 Å². The van der Waals surface area contributed by atoms with Crippen LogP contribution in [0.4, 0.5) is 0 Å². The molecule has 0 aromatic heterocycles. The molecule has 2 atom stereocenters. The van der Waals surface area contributed by atoms with Gasteiger partial charge in [0.2, 0.25) is 5.91 Å². The van der Waals surface area contributed by atoms with Gasteiger partial charge in [-0.1, -0.05) is 42.5 Å². The number of likely N-dealkylation sites (N-methyl/N-ethyl adjacent to an activating group) is 1. The minimum atomic E-state index is -0.669. The van der Waals surface area contributed by atoms with Crippen molar-refractivity contribution in [3.8, 4) is 11.5 Å². The summed E-state index contributed by atoms with van der Waals surface area (Å²) in [5, 5.41) is 0. The fourth-order valence-electron chi connectivity index (χ4n) is 2.59. The Kier molecular flexibility index (Phi) is 6.06. The Balaban J connectivity index is 0.00000208. The Bertz CT molecular complexity index is 681. The zero-order chi connectivity index (χ0) is 16.2. The second kappa shape index (κ2) is 8.04. The highest BCUT2D eigenvalue weighted by Gasteiger charge is 2.26. The number of hydrogen-bond acceptors (Lipinski definition) is 4. The Morgan fingerprint density at radius 1 is 1.17 bits per heavy atom. The predicted molar refractivity (Wildman–Crippen MR) is 94.6 cm³/mol. The maximum atomic E-state index is 12.5. The van der Waals surface area contributed by atoms with Crippen molar-refractivity contribution in [3.05, 3.63) is 60.2 Å². The number of rotatable bonds is 4. The number of nitrogens with zero attached hydrogens (tertiary/aromatic N) is 1. The van der Waals surface area contributed by atoms with Crippen LogP contribution in [0.25, 0.3) is 0 Å². The van der Waals surface area contributed by atoms with Crippen molar-refractivity contribution >= 4 is 18.3 Å². The summed E-state index contributed by atoms with van der Waals surface area (Å²) < 4.78 is 11.5. The molecule has 5 nitrogen and oxygen atoms in total. The third kappa shape index (κ3) is 3.99. The molecule has 1 amide bonds. The topological polar surface area (TPSA) is 64.8 Å². The van der Waals surface area contributed by atoms with Gasteiger partial charge in [-0.3, -0.25) is 4.79 Å². The Labute approximate surface area is 147 Å². The first-order valence-corrected chi connectivity index (χ1v) is 7.59. The lowest BCUT2D eigenvalue weighted by atomic mass is 10.1. The molecule has 2 aromatic carbocycles. The maximum absolute atomic E-state index is 12.5. The summed E-state index contributed by atoms with van der Waals surface area (Å²) in [4.78, 5) is 14.1. The number of nitrogens with two attached hydrogens (primary N) is 1. The van der Waals surface area contributed by atoms with E-state index in [0.717, 1.165) is 11.3 Å². The number of hydrogen-bond donors (Lipinski definition) is 1. The van der Waals surface area contributed by atoms with Crippen molar-refractivity contribution in [2.24, 2.45) is 5.73 Å². The molecule has 0 bridgehead atoms. The van der Waals surface area contributed by atoms with E-state index in [1.807, 2.05) is 54.6 Å². The smallest absolute Gasteiger partial charge is 0.243 e. The second-order valence-corrected chi connectivity index (χ2v) is 5.60. The molecule has 2 N–H and O–H groups in total. The Hall–Kier alpha value is -2.24. The van der Waals surface area contributed by atoms with E-state index in [1.54, 1.807) is 11.9 Å². The number of para-hydroxylation sites is 2. The first-order chi connectivity index (χ1) is 11.1. The van der Waals surface area contributed by atoms with Crippen molar-refractivity contribution < 1.29 is 14.3 Å². The molecule has 0 saturated heterocycles. The zero-order valence-corrected chi connectivity index (χ0v) is 14.2. The van der Waals surface area contributed by atoms with Crippen molar-refractivity contribution in [3.63, 3.8) is 0 Å². The van der Waals surface area contributed by atoms with Crippen LogP contribution in [0.15, 0.2) is 54.6 Å². The van der Waals surface area contributed by atoms with Gasteiger partial charge >= 0.3 is 0 Å². The monoisotopic (exact) mass is 348 g/mol. The number of halogens is 1. The van der Waals surface area contributed by atoms with Crippen LogP contribution in [0.5, 0.6) is 11.5 Å². The van der Waals surface area contributed by atoms with Crippen molar-refractivity contribution in [1.82, 2.24) is 4.90 Å². The lowest BCUT2D eigenvalue weighted by Gasteiger charge is -2.30. The van der Waals surface area contributed by atoms with E-state index >= 15 is 0 Å². The molecule has 2 unspecified atom stereocenters. The quantitative estimate of drug-likeness (QED) is 0.921. The minimum absolute atomic E-state index is 0. The average Bonchev–Trinajstić information content (AvgIpc) is 2.61. The van der Waals surface area contributed by atoms with Crippen LogP contribution in [-0.2, 0) is 4.79 Å². The number of carbonyl (C=O) groups is 1. The standard InChI is InChI=1S/C18H20N2O3.ClH/c1-20(18(21)17(19)13-7-3-2-4-8-13)11-14-12-22-15-9-5-6-10-16(15)23-14;/h2-10,14,17H,11-12,19H2,1H3;1H. The van der Waals surface area contributed by atoms with Gasteiger partial charge in [-0.25, -0.2) is 0 Å². The summed E-state index contributed by atoms with van der Waals surface area (Å²) in [6, 6.07) is 16.2. The molecule has 24 heavy (non-hydrogen) atoms. The summed E-state index contributed by atoms with van der Waals surface area (Å²) in [5.41, 5.74) is 6.86. The number of ether oxygens (including phenoxy) is 2. The van der Waals surface area contributed by atoms with Crippen LogP contribution in [0.2, 0.25) is 0 Å². The molecule has 128 valence electrons. The first-order valence-electron chi connectivity index (χ1n) is 7.59. The van der Waals surface area contributed by atoms with Crippen molar-refractivity contribution in [2.45, 2.75) is 12.1 Å². The molecule has 1 heterocycles. The van der Waals surface area contributed by atoms with Crippen molar-refractivity contribution in [1.29, 1.82) is 0 Å². The largest absolute Gasteiger partial charge is 0.486 e. The summed E-state index contributed by atoms with van der Waals surface area (Å²) in [6.45, 7) is 0.836. The van der Waals surface area contributed by atoms with Crippen LogP contribution in [0.3, 0.4) is 0 Å². The summed E-state index contributed by atoms with van der Waals surface area (Å²) in [5.74, 6) is 1.30. The van der Waals surface area contributed by atoms with Crippen LogP contribution < -0.4 is 15.2 Å². The molecule has 1 aliphatic heterocycles. The molecule has 3 rings (SSSR count). The van der Waals surface area contributed by atoms with Gasteiger partial charge < -0.3 is 20.1 Å². The van der Waals surface area contributed by atoms with E-state index in [2.05, 4.69) is 0 Å². The third-order valence-corrected chi connectivity index (χ3v) is 3.85. The maximum Gasteiger partial charge on any atom is 0.243 e. The van der Waals surface area contributed by atoms with Crippen molar-refractivity contribution in [2.75, 3.05) is 20.2 Å². The van der Waals surface area contributed by atoms with Gasteiger partial charge in [0.15, 0.2) is 17.6 Å². The minimum Gasteiger partial charge on any atom is -0.486 e. The van der Waals surface area contributed by atoms with Gasteiger partial charge in [0, 0.05) is 7.05 Å². The first kappa shape index (κ1) is 18.1. The fourth-order valence-corrected chi connectivity index (χ4v) is 2.59. The molecule has 0 saturated carbocycles. The number of amides is 1. The van der Waals surface area contributed by atoms with E-state index in [9.17, 15) is 4.79 Å². The molecule has 2 aromatic rings. The van der Waals surface area contributed by atoms with Gasteiger partial charge in [0.25, 0.3) is 0 Å². The second-order valence-electron chi connectivity index (χ2n) is 5.60. The predicted octanol–water partition coefficient (Wildman–Crippen LogP) is 2.41. The van der Waals surface area contributed by atoms with Crippen LogP contribution >= 0.6 is 12.4 Å². The van der Waals surface area contributed by atoms with E-state index in [4.69, 9.17) is 15.2 Å². The highest BCUT2D eigenvalue weighted by molar-refractivity contribution is 5.85. The van der Waals surface area contributed by atoms with Gasteiger partial charge in [-0.05, 0) is 17.7 Å². The molecular formula is C18H21ClN2O3. The van der Waals surface area contributed by atoms with Crippen LogP contribution in [0.1, 0.15) is 11.6 Å². The number of fused-ring (bicyclic) bond motifs is 1. The number of benzene rings is 2. The van der Waals surface area contributed by atoms with E-state index in [-0.39, 0.29) is 24.4 Å². The van der Waals surface area contributed by atoms with Gasteiger partial charge in [0.1, 0.15) is 12.6 Å². The highest BCUT2D eigenvalue weighted by atomic mass is 35.5. The molecule has 0 radical (unpaired) electrons. The summed E-state index contributed by atoms with van der Waals surface area (Å²) in [6.07, 6.45) is -0.207. The average molecular weight is 349 g/mol. The number of carbonyl (C=O) groups excluding carboxylic acids is 1. The fraction of sp³-hybridized carbons (Fsp3) is 0.278. The molecule has 1 aliphatic rings. The molecule has 0 fully saturated rings. The van der Waals surface area contributed by atoms with E-state index in [1.165, 1.54) is 0 Å². The van der Waals surface area contributed by atoms with Gasteiger partial charge in [-0.15, -0.1) is 12.4 Å². The normalized spacial score (nSPS) is 16.7. The van der Waals surface area contributed by atoms with Crippen LogP contribution in [-0.4, -0.2) is 37.1 Å². The summed E-state index contributed by atoms with van der Waals surface area (Å²) >= 11 is 0. The molecule has 6 heteroatoms. The lowest BCUT2D eigenvalue weighted by Crippen LogP contribution is -2.44. The molecular weight excluding hydrogens is 328 g/mol. The summed E-state index contributed by atoms with van der Waals surface area (Å²) in [7, 11) is 1.73. The van der Waals surface area contributed by atoms with Crippen LogP contribution in [0, 0.1) is 0 Å². The molecule has 0 aliphatic carbocycles. The lowest BCUT2D eigenvalue weighted by molar-refractivity contribution is -0.132. The van der Waals surface area contributed by atoms with Gasteiger partial charge in [0.05, 0.1) is 6.54 Å².